The Morgan fingerprint density at radius 2 is 1.86 bits per heavy atom. The number of imide groups is 2. The number of hydrogen-bond acceptors (Lipinski definition) is 4. The number of nitrogens with one attached hydrogen (secondary N) is 1. The molecule has 8 heteroatoms. The molecule has 1 N–H and O–H groups in total. The molecule has 2 aromatic rings. The summed E-state index contributed by atoms with van der Waals surface area (Å²) >= 11 is 3.34. The van der Waals surface area contributed by atoms with Gasteiger partial charge in [-0.05, 0) is 48.4 Å². The average Bonchev–Trinajstić information content (AvgIpc) is 2.66. The van der Waals surface area contributed by atoms with Crippen LogP contribution < -0.4 is 10.1 Å². The van der Waals surface area contributed by atoms with E-state index in [0.717, 1.165) is 14.9 Å². The van der Waals surface area contributed by atoms with E-state index >= 15 is 0 Å². The van der Waals surface area contributed by atoms with Gasteiger partial charge in [-0.2, -0.15) is 0 Å². The highest BCUT2D eigenvalue weighted by atomic mass is 79.9. The standard InChI is InChI=1S/C20H16BrFN2O4/c1-28-17-7-4-14(21)10-13(17)11-16-18(25)23-20(27)24(19(16)26)9-8-12-2-5-15(22)6-3-12/h2-7,10-11H,8-9H2,1H3,(H,23,25,27). The molecule has 1 aliphatic rings. The quantitative estimate of drug-likeness (QED) is 0.564. The van der Waals surface area contributed by atoms with Gasteiger partial charge in [0.1, 0.15) is 17.1 Å². The molecule has 0 bridgehead atoms. The predicted octanol–water partition coefficient (Wildman–Crippen LogP) is 3.30. The van der Waals surface area contributed by atoms with Gasteiger partial charge in [-0.3, -0.25) is 19.8 Å². The maximum Gasteiger partial charge on any atom is 0.331 e. The molecule has 144 valence electrons. The molecule has 1 saturated heterocycles. The largest absolute Gasteiger partial charge is 0.496 e. The third kappa shape index (κ3) is 4.28. The molecular formula is C20H16BrFN2O4. The summed E-state index contributed by atoms with van der Waals surface area (Å²) in [5.74, 6) is -1.35. The number of urea groups is 1. The number of carbonyl (C=O) groups is 3. The number of hydrogen-bond donors (Lipinski definition) is 1. The van der Waals surface area contributed by atoms with Crippen molar-refractivity contribution in [1.29, 1.82) is 0 Å². The molecular weight excluding hydrogens is 431 g/mol. The number of nitrogens with zero attached hydrogens (tertiary/aromatic N) is 1. The van der Waals surface area contributed by atoms with Gasteiger partial charge in [0.05, 0.1) is 7.11 Å². The molecule has 0 saturated carbocycles. The highest BCUT2D eigenvalue weighted by Gasteiger charge is 2.35. The molecule has 2 aromatic carbocycles. The van der Waals surface area contributed by atoms with E-state index in [0.29, 0.717) is 17.7 Å². The predicted molar refractivity (Wildman–Crippen MR) is 104 cm³/mol. The Balaban J connectivity index is 1.85. The van der Waals surface area contributed by atoms with E-state index in [2.05, 4.69) is 21.2 Å². The first-order chi connectivity index (χ1) is 13.4. The van der Waals surface area contributed by atoms with Gasteiger partial charge >= 0.3 is 6.03 Å². The molecule has 0 aromatic heterocycles. The van der Waals surface area contributed by atoms with Crippen molar-refractivity contribution < 1.29 is 23.5 Å². The van der Waals surface area contributed by atoms with Crippen molar-refractivity contribution in [3.8, 4) is 5.75 Å². The van der Waals surface area contributed by atoms with Crippen molar-refractivity contribution in [3.63, 3.8) is 0 Å². The zero-order chi connectivity index (χ0) is 20.3. The molecule has 0 aliphatic carbocycles. The van der Waals surface area contributed by atoms with Crippen LogP contribution in [0.1, 0.15) is 11.1 Å². The number of ether oxygens (including phenoxy) is 1. The van der Waals surface area contributed by atoms with Crippen molar-refractivity contribution in [2.75, 3.05) is 13.7 Å². The van der Waals surface area contributed by atoms with Crippen molar-refractivity contribution in [1.82, 2.24) is 10.2 Å². The van der Waals surface area contributed by atoms with Crippen LogP contribution in [0.5, 0.6) is 5.75 Å². The van der Waals surface area contributed by atoms with Gasteiger partial charge in [0.2, 0.25) is 0 Å². The van der Waals surface area contributed by atoms with Crippen LogP contribution in [-0.4, -0.2) is 36.4 Å². The Labute approximate surface area is 169 Å². The average molecular weight is 447 g/mol. The van der Waals surface area contributed by atoms with E-state index in [9.17, 15) is 18.8 Å². The fraction of sp³-hybridized carbons (Fsp3) is 0.150. The number of rotatable bonds is 5. The van der Waals surface area contributed by atoms with Crippen LogP contribution in [0.2, 0.25) is 0 Å². The van der Waals surface area contributed by atoms with Crippen LogP contribution in [0.15, 0.2) is 52.5 Å². The smallest absolute Gasteiger partial charge is 0.331 e. The van der Waals surface area contributed by atoms with Crippen molar-refractivity contribution in [3.05, 3.63) is 69.5 Å². The third-order valence-corrected chi connectivity index (χ3v) is 4.71. The zero-order valence-corrected chi connectivity index (χ0v) is 16.5. The summed E-state index contributed by atoms with van der Waals surface area (Å²) in [6.45, 7) is 0.0521. The van der Waals surface area contributed by atoms with Gasteiger partial charge in [-0.1, -0.05) is 28.1 Å². The number of amides is 4. The summed E-state index contributed by atoms with van der Waals surface area (Å²) in [4.78, 5) is 38.1. The third-order valence-electron chi connectivity index (χ3n) is 4.21. The molecule has 4 amide bonds. The lowest BCUT2D eigenvalue weighted by atomic mass is 10.1. The summed E-state index contributed by atoms with van der Waals surface area (Å²) < 4.78 is 19.0. The van der Waals surface area contributed by atoms with Crippen LogP contribution in [0.3, 0.4) is 0 Å². The van der Waals surface area contributed by atoms with Gasteiger partial charge in [-0.15, -0.1) is 0 Å². The van der Waals surface area contributed by atoms with Gasteiger partial charge < -0.3 is 4.74 Å². The first kappa shape index (κ1) is 19.8. The Kier molecular flexibility index (Phi) is 5.89. The van der Waals surface area contributed by atoms with E-state index in [1.807, 2.05) is 0 Å². The highest BCUT2D eigenvalue weighted by molar-refractivity contribution is 9.10. The lowest BCUT2D eigenvalue weighted by Gasteiger charge is -2.26. The molecule has 6 nitrogen and oxygen atoms in total. The molecule has 1 fully saturated rings. The Bertz CT molecular complexity index is 973. The van der Waals surface area contributed by atoms with Crippen molar-refractivity contribution in [2.24, 2.45) is 0 Å². The van der Waals surface area contributed by atoms with Crippen LogP contribution in [0.25, 0.3) is 6.08 Å². The first-order valence-corrected chi connectivity index (χ1v) is 9.15. The molecule has 3 rings (SSSR count). The number of halogens is 2. The zero-order valence-electron chi connectivity index (χ0n) is 14.9. The minimum absolute atomic E-state index is 0.0521. The topological polar surface area (TPSA) is 75.7 Å². The van der Waals surface area contributed by atoms with Crippen LogP contribution in [0, 0.1) is 5.82 Å². The van der Waals surface area contributed by atoms with E-state index in [4.69, 9.17) is 4.74 Å². The lowest BCUT2D eigenvalue weighted by molar-refractivity contribution is -0.130. The van der Waals surface area contributed by atoms with Gasteiger partial charge in [0, 0.05) is 16.6 Å². The summed E-state index contributed by atoms with van der Waals surface area (Å²) in [6.07, 6.45) is 1.72. The molecule has 0 radical (unpaired) electrons. The van der Waals surface area contributed by atoms with Gasteiger partial charge in [0.25, 0.3) is 11.8 Å². The van der Waals surface area contributed by atoms with Crippen molar-refractivity contribution in [2.45, 2.75) is 6.42 Å². The number of barbiturate groups is 1. The van der Waals surface area contributed by atoms with E-state index in [-0.39, 0.29) is 17.9 Å². The fourth-order valence-electron chi connectivity index (χ4n) is 2.76. The number of benzene rings is 2. The van der Waals surface area contributed by atoms with Gasteiger partial charge in [-0.25, -0.2) is 9.18 Å². The second-order valence-corrected chi connectivity index (χ2v) is 6.95. The van der Waals surface area contributed by atoms with Gasteiger partial charge in [0.15, 0.2) is 0 Å². The van der Waals surface area contributed by atoms with Crippen LogP contribution >= 0.6 is 15.9 Å². The summed E-state index contributed by atoms with van der Waals surface area (Å²) in [5, 5.41) is 2.17. The van der Waals surface area contributed by atoms with Crippen LogP contribution in [0.4, 0.5) is 9.18 Å². The van der Waals surface area contributed by atoms with E-state index in [1.54, 1.807) is 30.3 Å². The number of methoxy groups -OCH3 is 1. The first-order valence-electron chi connectivity index (χ1n) is 8.36. The Morgan fingerprint density at radius 3 is 2.54 bits per heavy atom. The second kappa shape index (κ2) is 8.35. The molecule has 1 heterocycles. The molecule has 0 unspecified atom stereocenters. The summed E-state index contributed by atoms with van der Waals surface area (Å²) in [6, 6.07) is 10.2. The summed E-state index contributed by atoms with van der Waals surface area (Å²) in [5.41, 5.74) is 1.11. The monoisotopic (exact) mass is 446 g/mol. The molecule has 0 atom stereocenters. The second-order valence-electron chi connectivity index (χ2n) is 6.04. The number of carbonyl (C=O) groups excluding carboxylic acids is 3. The molecule has 1 aliphatic heterocycles. The molecule has 28 heavy (non-hydrogen) atoms. The Hall–Kier alpha value is -3.00. The van der Waals surface area contributed by atoms with E-state index < -0.39 is 17.8 Å². The molecule has 0 spiro atoms. The summed E-state index contributed by atoms with van der Waals surface area (Å²) in [7, 11) is 1.48. The minimum Gasteiger partial charge on any atom is -0.496 e. The lowest BCUT2D eigenvalue weighted by Crippen LogP contribution is -2.54. The fourth-order valence-corrected chi connectivity index (χ4v) is 3.14. The highest BCUT2D eigenvalue weighted by Crippen LogP contribution is 2.26. The van der Waals surface area contributed by atoms with Crippen LogP contribution in [-0.2, 0) is 16.0 Å². The van der Waals surface area contributed by atoms with E-state index in [1.165, 1.54) is 25.3 Å². The minimum atomic E-state index is -0.782. The van der Waals surface area contributed by atoms with Crippen molar-refractivity contribution >= 4 is 39.9 Å². The maximum absolute atomic E-state index is 13.0. The normalized spacial score (nSPS) is 15.8. The maximum atomic E-state index is 13.0. The SMILES string of the molecule is COc1ccc(Br)cc1C=C1C(=O)NC(=O)N(CCc2ccc(F)cc2)C1=O. The Morgan fingerprint density at radius 1 is 1.14 bits per heavy atom.